The van der Waals surface area contributed by atoms with Crippen molar-refractivity contribution in [1.29, 1.82) is 0 Å². The summed E-state index contributed by atoms with van der Waals surface area (Å²) in [6.07, 6.45) is 0.169. The molecule has 13 heavy (non-hydrogen) atoms. The molecule has 1 rings (SSSR count). The average Bonchev–Trinajstić information content (AvgIpc) is 2.04. The Hall–Kier alpha value is -1.39. The summed E-state index contributed by atoms with van der Waals surface area (Å²) < 4.78 is 9.47. The zero-order chi connectivity index (χ0) is 9.84. The fraction of sp³-hybridized carbons (Fsp3) is 0.625. The summed E-state index contributed by atoms with van der Waals surface area (Å²) in [5.74, 6) is -1.82. The zero-order valence-electron chi connectivity index (χ0n) is 7.57. The standard InChI is InChI=1S/C8H11NO4/c1-3-5-6(10)9-8(12-4-2)13-7(5)11/h5H,3-4H2,1-2H3. The molecule has 1 atom stereocenters. The van der Waals surface area contributed by atoms with Crippen molar-refractivity contribution < 1.29 is 19.1 Å². The van der Waals surface area contributed by atoms with Gasteiger partial charge in [0, 0.05) is 0 Å². The van der Waals surface area contributed by atoms with Gasteiger partial charge in [-0.25, -0.2) is 0 Å². The van der Waals surface area contributed by atoms with Gasteiger partial charge in [-0.2, -0.15) is 0 Å². The van der Waals surface area contributed by atoms with Crippen LogP contribution in [0.4, 0.5) is 0 Å². The average molecular weight is 185 g/mol. The molecule has 0 fully saturated rings. The minimum Gasteiger partial charge on any atom is -0.450 e. The van der Waals surface area contributed by atoms with E-state index in [1.54, 1.807) is 13.8 Å². The Morgan fingerprint density at radius 1 is 1.46 bits per heavy atom. The van der Waals surface area contributed by atoms with Gasteiger partial charge in [-0.1, -0.05) is 6.92 Å². The van der Waals surface area contributed by atoms with E-state index in [1.165, 1.54) is 0 Å². The van der Waals surface area contributed by atoms with Gasteiger partial charge < -0.3 is 9.47 Å². The molecule has 0 aliphatic carbocycles. The first kappa shape index (κ1) is 9.70. The molecule has 1 unspecified atom stereocenters. The SMILES string of the molecule is CCOC1=NC(=O)C(CC)C(=O)O1. The predicted octanol–water partition coefficient (Wildman–Crippen LogP) is 0.488. The van der Waals surface area contributed by atoms with Crippen LogP contribution in [-0.4, -0.2) is 24.6 Å². The Labute approximate surface area is 75.7 Å². The maximum absolute atomic E-state index is 11.2. The minimum absolute atomic E-state index is 0.234. The first-order valence-corrected chi connectivity index (χ1v) is 4.16. The van der Waals surface area contributed by atoms with Crippen molar-refractivity contribution in [2.24, 2.45) is 10.9 Å². The maximum Gasteiger partial charge on any atom is 0.399 e. The van der Waals surface area contributed by atoms with Crippen LogP contribution in [0, 0.1) is 5.92 Å². The normalized spacial score (nSPS) is 22.3. The van der Waals surface area contributed by atoms with E-state index >= 15 is 0 Å². The first-order chi connectivity index (χ1) is 6.19. The molecule has 72 valence electrons. The molecule has 0 radical (unpaired) electrons. The molecule has 5 nitrogen and oxygen atoms in total. The molecule has 5 heteroatoms. The lowest BCUT2D eigenvalue weighted by Crippen LogP contribution is -2.33. The second-order valence-electron chi connectivity index (χ2n) is 2.53. The van der Waals surface area contributed by atoms with Crippen LogP contribution >= 0.6 is 0 Å². The topological polar surface area (TPSA) is 65.0 Å². The van der Waals surface area contributed by atoms with Crippen molar-refractivity contribution in [3.63, 3.8) is 0 Å². The van der Waals surface area contributed by atoms with Crippen molar-refractivity contribution >= 4 is 18.0 Å². The van der Waals surface area contributed by atoms with Gasteiger partial charge in [-0.05, 0) is 13.3 Å². The van der Waals surface area contributed by atoms with Gasteiger partial charge in [0.1, 0.15) is 5.92 Å². The van der Waals surface area contributed by atoms with Crippen molar-refractivity contribution in [2.45, 2.75) is 20.3 Å². The molecule has 0 aromatic carbocycles. The van der Waals surface area contributed by atoms with Gasteiger partial charge in [0.2, 0.25) is 0 Å². The molecular formula is C8H11NO4. The Balaban J connectivity index is 2.75. The van der Waals surface area contributed by atoms with E-state index in [4.69, 9.17) is 4.74 Å². The molecule has 0 aromatic rings. The fourth-order valence-corrected chi connectivity index (χ4v) is 0.975. The van der Waals surface area contributed by atoms with Crippen LogP contribution in [0.5, 0.6) is 0 Å². The van der Waals surface area contributed by atoms with Crippen LogP contribution < -0.4 is 0 Å². The lowest BCUT2D eigenvalue weighted by Gasteiger charge is -2.16. The van der Waals surface area contributed by atoms with Crippen LogP contribution in [-0.2, 0) is 19.1 Å². The number of amides is 1. The summed E-state index contributed by atoms with van der Waals surface area (Å²) in [5, 5.41) is 0. The van der Waals surface area contributed by atoms with Crippen LogP contribution in [0.2, 0.25) is 0 Å². The summed E-state index contributed by atoms with van der Waals surface area (Å²) >= 11 is 0. The predicted molar refractivity (Wildman–Crippen MR) is 43.9 cm³/mol. The summed E-state index contributed by atoms with van der Waals surface area (Å²) in [4.78, 5) is 25.8. The fourth-order valence-electron chi connectivity index (χ4n) is 0.975. The molecule has 1 heterocycles. The smallest absolute Gasteiger partial charge is 0.399 e. The van der Waals surface area contributed by atoms with Crippen molar-refractivity contribution in [3.05, 3.63) is 0 Å². The Morgan fingerprint density at radius 2 is 2.15 bits per heavy atom. The number of hydrogen-bond donors (Lipinski definition) is 0. The number of nitrogens with zero attached hydrogens (tertiary/aromatic N) is 1. The minimum atomic E-state index is -0.760. The molecule has 0 aromatic heterocycles. The van der Waals surface area contributed by atoms with Crippen LogP contribution in [0.1, 0.15) is 20.3 Å². The molecule has 0 N–H and O–H groups in total. The highest BCUT2D eigenvalue weighted by Gasteiger charge is 2.33. The first-order valence-electron chi connectivity index (χ1n) is 4.16. The van der Waals surface area contributed by atoms with E-state index in [0.29, 0.717) is 13.0 Å². The number of rotatable bonds is 2. The van der Waals surface area contributed by atoms with Crippen LogP contribution in [0.25, 0.3) is 0 Å². The van der Waals surface area contributed by atoms with Gasteiger partial charge in [-0.15, -0.1) is 4.99 Å². The third-order valence-corrected chi connectivity index (χ3v) is 1.65. The monoisotopic (exact) mass is 185 g/mol. The van der Waals surface area contributed by atoms with Crippen molar-refractivity contribution in [3.8, 4) is 0 Å². The van der Waals surface area contributed by atoms with Gasteiger partial charge in [-0.3, -0.25) is 9.59 Å². The van der Waals surface area contributed by atoms with E-state index in [0.717, 1.165) is 0 Å². The van der Waals surface area contributed by atoms with Gasteiger partial charge in [0.05, 0.1) is 6.61 Å². The van der Waals surface area contributed by atoms with Crippen molar-refractivity contribution in [2.75, 3.05) is 6.61 Å². The highest BCUT2D eigenvalue weighted by Crippen LogP contribution is 2.13. The lowest BCUT2D eigenvalue weighted by atomic mass is 10.1. The number of cyclic esters (lactones) is 1. The van der Waals surface area contributed by atoms with E-state index < -0.39 is 17.8 Å². The van der Waals surface area contributed by atoms with E-state index in [2.05, 4.69) is 9.73 Å². The van der Waals surface area contributed by atoms with E-state index in [1.807, 2.05) is 0 Å². The highest BCUT2D eigenvalue weighted by molar-refractivity contribution is 6.08. The second kappa shape index (κ2) is 4.02. The lowest BCUT2D eigenvalue weighted by molar-refractivity contribution is -0.148. The quantitative estimate of drug-likeness (QED) is 0.464. The Kier molecular flexibility index (Phi) is 3.00. The van der Waals surface area contributed by atoms with Crippen LogP contribution in [0.15, 0.2) is 4.99 Å². The summed E-state index contributed by atoms with van der Waals surface area (Å²) in [7, 11) is 0. The van der Waals surface area contributed by atoms with E-state index in [-0.39, 0.29) is 6.08 Å². The Morgan fingerprint density at radius 3 is 2.62 bits per heavy atom. The largest absolute Gasteiger partial charge is 0.450 e. The molecule has 0 saturated heterocycles. The summed E-state index contributed by atoms with van der Waals surface area (Å²) in [6, 6.07) is 0. The molecule has 1 amide bonds. The number of carbonyl (C=O) groups is 2. The molecule has 1 aliphatic heterocycles. The molecule has 1 aliphatic rings. The third-order valence-electron chi connectivity index (χ3n) is 1.65. The molecular weight excluding hydrogens is 174 g/mol. The number of hydrogen-bond acceptors (Lipinski definition) is 4. The molecule has 0 bridgehead atoms. The summed E-state index contributed by atoms with van der Waals surface area (Å²) in [5.41, 5.74) is 0. The van der Waals surface area contributed by atoms with E-state index in [9.17, 15) is 9.59 Å². The number of esters is 1. The number of ether oxygens (including phenoxy) is 2. The second-order valence-corrected chi connectivity index (χ2v) is 2.53. The number of aliphatic imine (C=N–C) groups is 1. The zero-order valence-corrected chi connectivity index (χ0v) is 7.57. The highest BCUT2D eigenvalue weighted by atomic mass is 16.7. The van der Waals surface area contributed by atoms with Gasteiger partial charge in [0.25, 0.3) is 5.91 Å². The number of carbonyl (C=O) groups excluding carboxylic acids is 2. The van der Waals surface area contributed by atoms with Crippen molar-refractivity contribution in [1.82, 2.24) is 0 Å². The Bertz CT molecular complexity index is 259. The van der Waals surface area contributed by atoms with Gasteiger partial charge >= 0.3 is 12.1 Å². The van der Waals surface area contributed by atoms with Gasteiger partial charge in [0.15, 0.2) is 0 Å². The van der Waals surface area contributed by atoms with Crippen LogP contribution in [0.3, 0.4) is 0 Å². The molecule has 0 saturated carbocycles. The summed E-state index contributed by atoms with van der Waals surface area (Å²) in [6.45, 7) is 3.76. The maximum atomic E-state index is 11.2. The third kappa shape index (κ3) is 2.05. The molecule has 0 spiro atoms.